The van der Waals surface area contributed by atoms with Gasteiger partial charge < -0.3 is 10.6 Å². The molecule has 0 saturated heterocycles. The molecule has 164 valence electrons. The molecule has 8 heteroatoms. The number of carbonyl (C=O) groups is 1. The van der Waals surface area contributed by atoms with Gasteiger partial charge in [-0.25, -0.2) is 4.68 Å². The van der Waals surface area contributed by atoms with Gasteiger partial charge in [-0.3, -0.25) is 4.79 Å². The maximum atomic E-state index is 13.5. The Kier molecular flexibility index (Phi) is 5.62. The Morgan fingerprint density at radius 2 is 1.67 bits per heavy atom. The Balaban J connectivity index is 1.62. The van der Waals surface area contributed by atoms with E-state index in [9.17, 15) is 4.79 Å². The molecule has 4 aromatic rings. The number of carbonyl (C=O) groups excluding carboxylic acids is 1. The lowest BCUT2D eigenvalue weighted by molar-refractivity contribution is -0.113. The minimum atomic E-state index is -0.563. The number of hydrogen-bond donors (Lipinski definition) is 2. The van der Waals surface area contributed by atoms with Gasteiger partial charge in [-0.15, -0.1) is 5.10 Å². The minimum Gasteiger partial charge on any atom is -0.328 e. The van der Waals surface area contributed by atoms with Crippen molar-refractivity contribution in [1.82, 2.24) is 14.8 Å². The number of aromatic nitrogens is 3. The number of nitrogens with one attached hydrogen (secondary N) is 2. The molecule has 5 rings (SSSR count). The molecule has 1 aliphatic rings. The van der Waals surface area contributed by atoms with Crippen LogP contribution in [0, 0.1) is 0 Å². The van der Waals surface area contributed by atoms with Crippen molar-refractivity contribution in [2.75, 3.05) is 10.6 Å². The van der Waals surface area contributed by atoms with Crippen molar-refractivity contribution in [2.24, 2.45) is 0 Å². The van der Waals surface area contributed by atoms with Gasteiger partial charge in [-0.1, -0.05) is 59.6 Å². The third kappa shape index (κ3) is 4.11. The summed E-state index contributed by atoms with van der Waals surface area (Å²) in [6, 6.07) is 23.5. The third-order valence-electron chi connectivity index (χ3n) is 5.43. The Morgan fingerprint density at radius 1 is 0.970 bits per heavy atom. The second-order valence-corrected chi connectivity index (χ2v) is 8.46. The Labute approximate surface area is 200 Å². The lowest BCUT2D eigenvalue weighted by Gasteiger charge is -2.29. The van der Waals surface area contributed by atoms with E-state index in [4.69, 9.17) is 28.3 Å². The average molecular weight is 476 g/mol. The third-order valence-corrected chi connectivity index (χ3v) is 6.03. The van der Waals surface area contributed by atoms with Crippen LogP contribution in [0.25, 0.3) is 11.4 Å². The maximum absolute atomic E-state index is 13.5. The molecule has 3 aromatic carbocycles. The summed E-state index contributed by atoms with van der Waals surface area (Å²) >= 11 is 12.6. The van der Waals surface area contributed by atoms with Crippen LogP contribution >= 0.6 is 23.2 Å². The Morgan fingerprint density at radius 3 is 2.39 bits per heavy atom. The molecular weight excluding hydrogens is 457 g/mol. The van der Waals surface area contributed by atoms with Crippen molar-refractivity contribution in [1.29, 1.82) is 0 Å². The molecule has 2 N–H and O–H groups in total. The number of para-hydroxylation sites is 1. The van der Waals surface area contributed by atoms with E-state index in [1.807, 2.05) is 67.6 Å². The molecule has 0 spiro atoms. The summed E-state index contributed by atoms with van der Waals surface area (Å²) in [5, 5.41) is 12.1. The molecule has 1 atom stereocenters. The second-order valence-electron chi connectivity index (χ2n) is 7.62. The zero-order valence-corrected chi connectivity index (χ0v) is 19.1. The molecule has 1 amide bonds. The lowest BCUT2D eigenvalue weighted by Crippen LogP contribution is -2.31. The monoisotopic (exact) mass is 475 g/mol. The predicted molar refractivity (Wildman–Crippen MR) is 131 cm³/mol. The summed E-state index contributed by atoms with van der Waals surface area (Å²) in [6.45, 7) is 1.85. The van der Waals surface area contributed by atoms with E-state index in [1.54, 1.807) is 22.9 Å². The molecule has 1 aliphatic heterocycles. The zero-order chi connectivity index (χ0) is 22.9. The smallest absolute Gasteiger partial charge is 0.255 e. The molecular formula is C25H19Cl2N5O. The zero-order valence-electron chi connectivity index (χ0n) is 17.6. The molecule has 0 saturated carbocycles. The van der Waals surface area contributed by atoms with Crippen molar-refractivity contribution in [3.8, 4) is 11.4 Å². The summed E-state index contributed by atoms with van der Waals surface area (Å²) in [6.07, 6.45) is 0. The van der Waals surface area contributed by atoms with E-state index in [2.05, 4.69) is 15.6 Å². The summed E-state index contributed by atoms with van der Waals surface area (Å²) in [4.78, 5) is 18.1. The number of nitrogens with zero attached hydrogens (tertiary/aromatic N) is 3. The van der Waals surface area contributed by atoms with E-state index in [1.165, 1.54) is 0 Å². The average Bonchev–Trinajstić information content (AvgIpc) is 3.23. The number of anilines is 2. The van der Waals surface area contributed by atoms with Gasteiger partial charge in [-0.2, -0.15) is 4.98 Å². The van der Waals surface area contributed by atoms with Crippen LogP contribution in [-0.4, -0.2) is 20.7 Å². The van der Waals surface area contributed by atoms with Gasteiger partial charge in [0.2, 0.25) is 5.95 Å². The van der Waals surface area contributed by atoms with Gasteiger partial charge >= 0.3 is 0 Å². The van der Waals surface area contributed by atoms with Crippen LogP contribution in [0.2, 0.25) is 10.0 Å². The number of amides is 1. The number of allylic oxidation sites excluding steroid dienone is 1. The van der Waals surface area contributed by atoms with E-state index >= 15 is 0 Å². The quantitative estimate of drug-likeness (QED) is 0.369. The number of benzene rings is 3. The van der Waals surface area contributed by atoms with E-state index in [-0.39, 0.29) is 5.91 Å². The largest absolute Gasteiger partial charge is 0.328 e. The fourth-order valence-electron chi connectivity index (χ4n) is 3.87. The first kappa shape index (κ1) is 21.2. The number of fused-ring (bicyclic) bond motifs is 1. The van der Waals surface area contributed by atoms with Crippen molar-refractivity contribution in [2.45, 2.75) is 13.0 Å². The molecule has 0 radical (unpaired) electrons. The van der Waals surface area contributed by atoms with Gasteiger partial charge in [0, 0.05) is 32.6 Å². The normalized spacial score (nSPS) is 15.1. The fraction of sp³-hybridized carbons (Fsp3) is 0.0800. The van der Waals surface area contributed by atoms with Gasteiger partial charge in [-0.05, 0) is 49.4 Å². The van der Waals surface area contributed by atoms with Gasteiger partial charge in [0.05, 0.1) is 5.57 Å². The molecule has 1 aromatic heterocycles. The summed E-state index contributed by atoms with van der Waals surface area (Å²) < 4.78 is 1.71. The second kappa shape index (κ2) is 8.73. The van der Waals surface area contributed by atoms with Crippen molar-refractivity contribution in [3.63, 3.8) is 0 Å². The molecule has 6 nitrogen and oxygen atoms in total. The van der Waals surface area contributed by atoms with E-state index < -0.39 is 6.04 Å². The first-order valence-electron chi connectivity index (χ1n) is 10.3. The van der Waals surface area contributed by atoms with Crippen LogP contribution in [0.1, 0.15) is 18.5 Å². The highest BCUT2D eigenvalue weighted by Gasteiger charge is 2.35. The minimum absolute atomic E-state index is 0.245. The van der Waals surface area contributed by atoms with Gasteiger partial charge in [0.25, 0.3) is 5.91 Å². The lowest BCUT2D eigenvalue weighted by atomic mass is 9.95. The summed E-state index contributed by atoms with van der Waals surface area (Å²) in [7, 11) is 0. The predicted octanol–water partition coefficient (Wildman–Crippen LogP) is 6.18. The van der Waals surface area contributed by atoms with Crippen molar-refractivity contribution in [3.05, 3.63) is 106 Å². The highest BCUT2D eigenvalue weighted by molar-refractivity contribution is 6.31. The van der Waals surface area contributed by atoms with Crippen LogP contribution in [0.5, 0.6) is 0 Å². The molecule has 1 unspecified atom stereocenters. The standard InChI is InChI=1S/C25H19Cl2N5O/c1-15-21(24(33)29-18-7-3-2-4-8-18)22(19-9-5-6-10-20(19)27)32-25(28-15)30-23(31-32)16-11-13-17(26)14-12-16/h2-14,22H,1H3,(H,29,33)(H,28,30,31). The Hall–Kier alpha value is -3.61. The van der Waals surface area contributed by atoms with Crippen LogP contribution in [0.15, 0.2) is 90.1 Å². The fourth-order valence-corrected chi connectivity index (χ4v) is 4.24. The van der Waals surface area contributed by atoms with Crippen LogP contribution in [0.4, 0.5) is 11.6 Å². The van der Waals surface area contributed by atoms with Gasteiger partial charge in [0.1, 0.15) is 6.04 Å². The SMILES string of the molecule is CC1=C(C(=O)Nc2ccccc2)C(c2ccccc2Cl)n2nc(-c3ccc(Cl)cc3)nc2N1. The van der Waals surface area contributed by atoms with Crippen molar-refractivity contribution < 1.29 is 4.79 Å². The summed E-state index contributed by atoms with van der Waals surface area (Å²) in [5.41, 5.74) is 3.45. The summed E-state index contributed by atoms with van der Waals surface area (Å²) in [5.74, 6) is 0.799. The maximum Gasteiger partial charge on any atom is 0.255 e. The number of hydrogen-bond acceptors (Lipinski definition) is 4. The first-order chi connectivity index (χ1) is 16.0. The van der Waals surface area contributed by atoms with E-state index in [0.717, 1.165) is 11.1 Å². The highest BCUT2D eigenvalue weighted by Crippen LogP contribution is 2.39. The van der Waals surface area contributed by atoms with Crippen molar-refractivity contribution >= 4 is 40.7 Å². The van der Waals surface area contributed by atoms with Gasteiger partial charge in [0.15, 0.2) is 5.82 Å². The van der Waals surface area contributed by atoms with Crippen LogP contribution in [-0.2, 0) is 4.79 Å². The van der Waals surface area contributed by atoms with E-state index in [0.29, 0.717) is 38.8 Å². The van der Waals surface area contributed by atoms with Crippen LogP contribution in [0.3, 0.4) is 0 Å². The first-order valence-corrected chi connectivity index (χ1v) is 11.1. The Bertz CT molecular complexity index is 1360. The molecule has 33 heavy (non-hydrogen) atoms. The topological polar surface area (TPSA) is 71.8 Å². The molecule has 0 bridgehead atoms. The number of rotatable bonds is 4. The number of halogens is 2. The molecule has 0 fully saturated rings. The molecule has 0 aliphatic carbocycles. The highest BCUT2D eigenvalue weighted by atomic mass is 35.5. The van der Waals surface area contributed by atoms with Crippen LogP contribution < -0.4 is 10.6 Å². The molecule has 2 heterocycles.